The van der Waals surface area contributed by atoms with Gasteiger partial charge in [0.05, 0.1) is 18.8 Å². The molecule has 286 valence electrons. The number of halogens is 4. The summed E-state index contributed by atoms with van der Waals surface area (Å²) in [5.41, 5.74) is 1.13. The number of esters is 1. The van der Waals surface area contributed by atoms with Crippen molar-refractivity contribution in [1.82, 2.24) is 4.90 Å². The predicted octanol–water partition coefficient (Wildman–Crippen LogP) is 8.16. The van der Waals surface area contributed by atoms with Gasteiger partial charge in [-0.05, 0) is 92.6 Å². The van der Waals surface area contributed by atoms with Crippen LogP contribution in [0.15, 0.2) is 67.0 Å². The van der Waals surface area contributed by atoms with Crippen molar-refractivity contribution >= 4 is 52.3 Å². The van der Waals surface area contributed by atoms with Crippen LogP contribution in [-0.2, 0) is 22.4 Å². The number of carbonyl (C=O) groups is 2. The molecule has 8 rings (SSSR count). The van der Waals surface area contributed by atoms with Gasteiger partial charge in [0.2, 0.25) is 0 Å². The highest BCUT2D eigenvalue weighted by Crippen LogP contribution is 2.39. The largest absolute Gasteiger partial charge is 0.619 e. The van der Waals surface area contributed by atoms with Crippen LogP contribution >= 0.6 is 34.5 Å². The highest BCUT2D eigenvalue weighted by molar-refractivity contribution is 7.14. The third-order valence-corrected chi connectivity index (χ3v) is 11.5. The summed E-state index contributed by atoms with van der Waals surface area (Å²) in [6.45, 7) is -0.0905. The van der Waals surface area contributed by atoms with Crippen molar-refractivity contribution in [3.05, 3.63) is 103 Å². The molecule has 4 fully saturated rings. The third kappa shape index (κ3) is 9.28. The first-order valence-electron chi connectivity index (χ1n) is 17.6. The Morgan fingerprint density at radius 3 is 2.44 bits per heavy atom. The van der Waals surface area contributed by atoms with Gasteiger partial charge in [0.15, 0.2) is 23.9 Å². The number of hydrogen-bond acceptors (Lipinski definition) is 10. The fourth-order valence-corrected chi connectivity index (χ4v) is 8.22. The van der Waals surface area contributed by atoms with E-state index in [9.17, 15) is 28.7 Å². The fraction of sp³-hybridized carbons (Fsp3) is 0.395. The number of pyridine rings is 1. The normalized spacial score (nSPS) is 19.7. The van der Waals surface area contributed by atoms with Crippen molar-refractivity contribution in [1.29, 1.82) is 0 Å². The Kier molecular flexibility index (Phi) is 11.6. The Balaban J connectivity index is 1.13. The van der Waals surface area contributed by atoms with E-state index in [1.807, 2.05) is 0 Å². The predicted molar refractivity (Wildman–Crippen MR) is 197 cm³/mol. The molecule has 5 heterocycles. The van der Waals surface area contributed by atoms with Crippen LogP contribution in [0, 0.1) is 17.0 Å². The van der Waals surface area contributed by atoms with E-state index in [4.69, 9.17) is 42.1 Å². The van der Waals surface area contributed by atoms with Crippen molar-refractivity contribution in [2.24, 2.45) is 11.8 Å². The van der Waals surface area contributed by atoms with E-state index in [0.29, 0.717) is 45.5 Å². The van der Waals surface area contributed by atoms with E-state index in [1.165, 1.54) is 35.2 Å². The number of phenolic OH excluding ortho intramolecular Hbond substituents is 1. The molecule has 2 atom stereocenters. The lowest BCUT2D eigenvalue weighted by Crippen LogP contribution is -2.53. The minimum absolute atomic E-state index is 0.0202. The Bertz CT molecular complexity index is 1970. The lowest BCUT2D eigenvalue weighted by Gasteiger charge is -2.44. The Hall–Kier alpha value is -4.37. The highest BCUT2D eigenvalue weighted by atomic mass is 35.5. The number of thiophene rings is 1. The van der Waals surface area contributed by atoms with E-state index in [-0.39, 0.29) is 57.2 Å². The van der Waals surface area contributed by atoms with Gasteiger partial charge in [-0.25, -0.2) is 9.59 Å². The lowest BCUT2D eigenvalue weighted by molar-refractivity contribution is -0.605. The molecule has 1 aliphatic carbocycles. The van der Waals surface area contributed by atoms with Crippen LogP contribution in [-0.4, -0.2) is 61.0 Å². The molecule has 54 heavy (non-hydrogen) atoms. The molecule has 2 aromatic carbocycles. The highest BCUT2D eigenvalue weighted by Gasteiger charge is 2.38. The standard InChI is InChI=1S/C38H37Cl2F2N3O8S/c39-29-18-44(49)19-30(40)28(29)16-32(24-6-8-31(52-37(41)42)33(14-24)50-21-22-4-5-22)51-36(47)35-9-7-27(54-35)17-45(25-2-1-3-26(46)15-25)38(48)53-34-20-43-12-10-23(34)11-13-43/h1-3,6-9,14-15,18-19,22-23,32,34,37,46H,4-5,10-13,16-17,20-21H2/t32-,34-/m0/s1. The van der Waals surface area contributed by atoms with Gasteiger partial charge in [-0.1, -0.05) is 35.3 Å². The van der Waals surface area contributed by atoms with Gasteiger partial charge in [-0.3, -0.25) is 9.80 Å². The Labute approximate surface area is 324 Å². The average molecular weight is 805 g/mol. The third-order valence-electron chi connectivity index (χ3n) is 9.81. The van der Waals surface area contributed by atoms with Crippen LogP contribution in [0.1, 0.15) is 57.5 Å². The number of benzene rings is 2. The number of phenols is 1. The number of ether oxygens (including phenoxy) is 4. The molecule has 2 bridgehead atoms. The minimum Gasteiger partial charge on any atom is -0.619 e. The van der Waals surface area contributed by atoms with E-state index in [1.54, 1.807) is 24.3 Å². The zero-order chi connectivity index (χ0) is 37.9. The first kappa shape index (κ1) is 37.9. The van der Waals surface area contributed by atoms with Crippen molar-refractivity contribution in [2.75, 3.05) is 31.1 Å². The number of anilines is 1. The Morgan fingerprint density at radius 2 is 1.78 bits per heavy atom. The molecule has 4 aromatic rings. The van der Waals surface area contributed by atoms with E-state index in [0.717, 1.165) is 62.5 Å². The van der Waals surface area contributed by atoms with Crippen molar-refractivity contribution in [3.8, 4) is 17.2 Å². The smallest absolute Gasteiger partial charge is 0.414 e. The monoisotopic (exact) mass is 803 g/mol. The summed E-state index contributed by atoms with van der Waals surface area (Å²) in [6, 6.07) is 13.9. The lowest BCUT2D eigenvalue weighted by atomic mass is 9.86. The van der Waals surface area contributed by atoms with Crippen LogP contribution in [0.3, 0.4) is 0 Å². The first-order chi connectivity index (χ1) is 26.0. The molecule has 4 aliphatic rings. The van der Waals surface area contributed by atoms with Gasteiger partial charge in [0, 0.05) is 29.5 Å². The molecule has 2 aromatic heterocycles. The summed E-state index contributed by atoms with van der Waals surface area (Å²) >= 11 is 13.9. The fourth-order valence-electron chi connectivity index (χ4n) is 6.74. The minimum atomic E-state index is -3.09. The Morgan fingerprint density at radius 1 is 1.02 bits per heavy atom. The topological polar surface area (TPSA) is 125 Å². The number of alkyl halides is 2. The van der Waals surface area contributed by atoms with E-state index >= 15 is 0 Å². The van der Waals surface area contributed by atoms with Gasteiger partial charge in [0.25, 0.3) is 0 Å². The summed E-state index contributed by atoms with van der Waals surface area (Å²) < 4.78 is 49.7. The van der Waals surface area contributed by atoms with Crippen LogP contribution in [0.4, 0.5) is 19.3 Å². The van der Waals surface area contributed by atoms with Gasteiger partial charge < -0.3 is 29.3 Å². The summed E-state index contributed by atoms with van der Waals surface area (Å²) in [5, 5.41) is 22.3. The molecule has 3 saturated heterocycles. The van der Waals surface area contributed by atoms with Crippen molar-refractivity contribution < 1.29 is 47.2 Å². The SMILES string of the molecule is O=C(O[C@@H](Cc1c(Cl)c[n+]([O-])cc1Cl)c1ccc(OC(F)F)c(OCC2CC2)c1)c1ccc(CN(C(=O)O[C@H]2CN3CCC2CC3)c2cccc(O)c2)s1. The molecule has 0 unspecified atom stereocenters. The number of carbonyl (C=O) groups excluding carboxylic acids is 2. The maximum Gasteiger partial charge on any atom is 0.414 e. The molecule has 0 radical (unpaired) electrons. The zero-order valence-electron chi connectivity index (χ0n) is 28.9. The molecule has 16 heteroatoms. The second kappa shape index (κ2) is 16.6. The molecule has 0 spiro atoms. The second-order valence-corrected chi connectivity index (χ2v) is 15.6. The van der Waals surface area contributed by atoms with Crippen LogP contribution in [0.2, 0.25) is 10.0 Å². The van der Waals surface area contributed by atoms with Crippen LogP contribution < -0.4 is 19.1 Å². The molecule has 3 aliphatic heterocycles. The molecule has 1 N–H and O–H groups in total. The van der Waals surface area contributed by atoms with Gasteiger partial charge >= 0.3 is 18.7 Å². The van der Waals surface area contributed by atoms with Crippen molar-refractivity contribution in [2.45, 2.75) is 57.5 Å². The summed E-state index contributed by atoms with van der Waals surface area (Å²) in [5.74, 6) is -0.260. The summed E-state index contributed by atoms with van der Waals surface area (Å²) in [6.07, 6.45) is 4.15. The molecule has 1 saturated carbocycles. The quantitative estimate of drug-likeness (QED) is 0.0764. The van der Waals surface area contributed by atoms with Gasteiger partial charge in [0.1, 0.15) is 32.9 Å². The van der Waals surface area contributed by atoms with Crippen LogP contribution in [0.5, 0.6) is 17.2 Å². The molecule has 11 nitrogen and oxygen atoms in total. The number of aromatic hydroxyl groups is 1. The van der Waals surface area contributed by atoms with E-state index in [2.05, 4.69) is 4.90 Å². The van der Waals surface area contributed by atoms with Gasteiger partial charge in [-0.15, -0.1) is 11.3 Å². The average Bonchev–Trinajstić information content (AvgIpc) is 3.85. The van der Waals surface area contributed by atoms with Crippen LogP contribution in [0.25, 0.3) is 0 Å². The van der Waals surface area contributed by atoms with Crippen molar-refractivity contribution in [3.63, 3.8) is 0 Å². The summed E-state index contributed by atoms with van der Waals surface area (Å²) in [7, 11) is 0. The molecular formula is C38H37Cl2F2N3O8S. The number of piperidine rings is 3. The second-order valence-electron chi connectivity index (χ2n) is 13.7. The number of amides is 1. The number of hydrogen-bond donors (Lipinski definition) is 1. The zero-order valence-corrected chi connectivity index (χ0v) is 31.2. The molecular weight excluding hydrogens is 767 g/mol. The number of nitrogens with zero attached hydrogens (tertiary/aromatic N) is 3. The maximum atomic E-state index is 13.8. The summed E-state index contributed by atoms with van der Waals surface area (Å²) in [4.78, 5) is 32.1. The maximum absolute atomic E-state index is 13.8. The van der Waals surface area contributed by atoms with Gasteiger partial charge in [-0.2, -0.15) is 13.5 Å². The number of aromatic nitrogens is 1. The number of rotatable bonds is 14. The van der Waals surface area contributed by atoms with E-state index < -0.39 is 24.8 Å². The number of fused-ring (bicyclic) bond motifs is 3. The first-order valence-corrected chi connectivity index (χ1v) is 19.1. The molecule has 1 amide bonds.